The SMILES string of the molecule is CCOc1ccc(NC2CC(C)c3c(C)ccc(O)c32)cc1. The van der Waals surface area contributed by atoms with Gasteiger partial charge < -0.3 is 15.2 Å². The summed E-state index contributed by atoms with van der Waals surface area (Å²) in [7, 11) is 0. The highest BCUT2D eigenvalue weighted by molar-refractivity contribution is 5.56. The molecule has 0 aliphatic heterocycles. The number of aryl methyl sites for hydroxylation is 1. The average Bonchev–Trinajstić information content (AvgIpc) is 2.83. The van der Waals surface area contributed by atoms with Crippen molar-refractivity contribution in [3.8, 4) is 11.5 Å². The number of phenols is 1. The number of benzene rings is 2. The number of anilines is 1. The molecule has 1 aliphatic rings. The molecule has 2 unspecified atom stereocenters. The molecule has 0 bridgehead atoms. The van der Waals surface area contributed by atoms with Crippen molar-refractivity contribution in [2.75, 3.05) is 11.9 Å². The Kier molecular flexibility index (Phi) is 3.97. The van der Waals surface area contributed by atoms with Crippen molar-refractivity contribution in [1.29, 1.82) is 0 Å². The molecule has 3 rings (SSSR count). The zero-order valence-electron chi connectivity index (χ0n) is 13.4. The van der Waals surface area contributed by atoms with Gasteiger partial charge in [0.25, 0.3) is 0 Å². The molecule has 0 saturated heterocycles. The van der Waals surface area contributed by atoms with E-state index >= 15 is 0 Å². The lowest BCUT2D eigenvalue weighted by atomic mass is 9.97. The van der Waals surface area contributed by atoms with Crippen LogP contribution in [-0.4, -0.2) is 11.7 Å². The molecule has 2 N–H and O–H groups in total. The van der Waals surface area contributed by atoms with E-state index < -0.39 is 0 Å². The van der Waals surface area contributed by atoms with Crippen molar-refractivity contribution in [3.63, 3.8) is 0 Å². The van der Waals surface area contributed by atoms with E-state index in [0.717, 1.165) is 23.4 Å². The van der Waals surface area contributed by atoms with E-state index in [4.69, 9.17) is 4.74 Å². The van der Waals surface area contributed by atoms with Gasteiger partial charge in [-0.3, -0.25) is 0 Å². The predicted octanol–water partition coefficient (Wildman–Crippen LogP) is 4.76. The van der Waals surface area contributed by atoms with Crippen molar-refractivity contribution in [2.24, 2.45) is 0 Å². The summed E-state index contributed by atoms with van der Waals surface area (Å²) < 4.78 is 5.47. The normalized spacial score (nSPS) is 19.8. The standard InChI is InChI=1S/C19H23NO2/c1-4-22-15-8-6-14(7-9-15)20-16-11-13(3)18-12(2)5-10-17(21)19(16)18/h5-10,13,16,20-21H,4,11H2,1-3H3. The van der Waals surface area contributed by atoms with Gasteiger partial charge in [0.1, 0.15) is 11.5 Å². The first kappa shape index (κ1) is 14.8. The molecule has 116 valence electrons. The van der Waals surface area contributed by atoms with Crippen LogP contribution in [-0.2, 0) is 0 Å². The largest absolute Gasteiger partial charge is 0.508 e. The first-order valence-electron chi connectivity index (χ1n) is 7.92. The van der Waals surface area contributed by atoms with Crippen LogP contribution in [0.5, 0.6) is 11.5 Å². The van der Waals surface area contributed by atoms with Gasteiger partial charge in [-0.05, 0) is 67.6 Å². The number of ether oxygens (including phenoxy) is 1. The summed E-state index contributed by atoms with van der Waals surface area (Å²) in [4.78, 5) is 0. The van der Waals surface area contributed by atoms with E-state index in [0.29, 0.717) is 18.3 Å². The van der Waals surface area contributed by atoms with Crippen LogP contribution >= 0.6 is 0 Å². The lowest BCUT2D eigenvalue weighted by Crippen LogP contribution is -2.07. The Hall–Kier alpha value is -2.16. The van der Waals surface area contributed by atoms with E-state index in [9.17, 15) is 5.11 Å². The van der Waals surface area contributed by atoms with Gasteiger partial charge in [-0.2, -0.15) is 0 Å². The van der Waals surface area contributed by atoms with Crippen molar-refractivity contribution >= 4 is 5.69 Å². The molecule has 0 saturated carbocycles. The quantitative estimate of drug-likeness (QED) is 0.855. The lowest BCUT2D eigenvalue weighted by Gasteiger charge is -2.17. The predicted molar refractivity (Wildman–Crippen MR) is 89.9 cm³/mol. The van der Waals surface area contributed by atoms with Crippen LogP contribution < -0.4 is 10.1 Å². The number of nitrogens with one attached hydrogen (secondary N) is 1. The molecule has 22 heavy (non-hydrogen) atoms. The Bertz CT molecular complexity index is 664. The summed E-state index contributed by atoms with van der Waals surface area (Å²) in [6, 6.07) is 12.0. The van der Waals surface area contributed by atoms with Gasteiger partial charge in [0, 0.05) is 11.3 Å². The van der Waals surface area contributed by atoms with Gasteiger partial charge in [-0.1, -0.05) is 13.0 Å². The lowest BCUT2D eigenvalue weighted by molar-refractivity contribution is 0.340. The molecule has 3 nitrogen and oxygen atoms in total. The number of phenolic OH excluding ortho intramolecular Hbond substituents is 1. The second-order valence-electron chi connectivity index (χ2n) is 6.02. The molecule has 0 spiro atoms. The second-order valence-corrected chi connectivity index (χ2v) is 6.02. The fourth-order valence-electron chi connectivity index (χ4n) is 3.49. The smallest absolute Gasteiger partial charge is 0.121 e. The summed E-state index contributed by atoms with van der Waals surface area (Å²) >= 11 is 0. The summed E-state index contributed by atoms with van der Waals surface area (Å²) in [6.45, 7) is 7.00. The van der Waals surface area contributed by atoms with Crippen LogP contribution in [0.15, 0.2) is 36.4 Å². The topological polar surface area (TPSA) is 41.5 Å². The zero-order chi connectivity index (χ0) is 15.7. The van der Waals surface area contributed by atoms with Crippen LogP contribution in [0.1, 0.15) is 48.9 Å². The number of fused-ring (bicyclic) bond motifs is 1. The number of hydrogen-bond acceptors (Lipinski definition) is 3. The molecule has 0 aromatic heterocycles. The Balaban J connectivity index is 1.85. The van der Waals surface area contributed by atoms with Crippen LogP contribution in [0.25, 0.3) is 0 Å². The van der Waals surface area contributed by atoms with E-state index in [1.165, 1.54) is 11.1 Å². The van der Waals surface area contributed by atoms with Crippen LogP contribution in [0.3, 0.4) is 0 Å². The highest BCUT2D eigenvalue weighted by Crippen LogP contribution is 2.47. The zero-order valence-corrected chi connectivity index (χ0v) is 13.4. The van der Waals surface area contributed by atoms with Crippen LogP contribution in [0.2, 0.25) is 0 Å². The Morgan fingerprint density at radius 3 is 2.55 bits per heavy atom. The van der Waals surface area contributed by atoms with Gasteiger partial charge in [-0.25, -0.2) is 0 Å². The van der Waals surface area contributed by atoms with E-state index in [1.54, 1.807) is 6.07 Å². The molecule has 0 fully saturated rings. The fraction of sp³-hybridized carbons (Fsp3) is 0.368. The van der Waals surface area contributed by atoms with Gasteiger partial charge in [-0.15, -0.1) is 0 Å². The first-order chi connectivity index (χ1) is 10.6. The maximum atomic E-state index is 10.3. The van der Waals surface area contributed by atoms with Gasteiger partial charge in [0.15, 0.2) is 0 Å². The molecule has 1 aliphatic carbocycles. The summed E-state index contributed by atoms with van der Waals surface area (Å²) in [5.74, 6) is 1.74. The van der Waals surface area contributed by atoms with Crippen molar-refractivity contribution in [3.05, 3.63) is 53.1 Å². The van der Waals surface area contributed by atoms with Crippen LogP contribution in [0, 0.1) is 6.92 Å². The Labute approximate surface area is 131 Å². The maximum Gasteiger partial charge on any atom is 0.121 e. The molecular formula is C19H23NO2. The van der Waals surface area contributed by atoms with Gasteiger partial charge in [0.05, 0.1) is 12.6 Å². The third-order valence-corrected chi connectivity index (χ3v) is 4.42. The molecule has 3 heteroatoms. The van der Waals surface area contributed by atoms with Crippen molar-refractivity contribution < 1.29 is 9.84 Å². The van der Waals surface area contributed by atoms with E-state index in [1.807, 2.05) is 37.3 Å². The number of aromatic hydroxyl groups is 1. The fourth-order valence-corrected chi connectivity index (χ4v) is 3.49. The highest BCUT2D eigenvalue weighted by Gasteiger charge is 2.32. The summed E-state index contributed by atoms with van der Waals surface area (Å²) in [5.41, 5.74) is 4.66. The van der Waals surface area contributed by atoms with Crippen molar-refractivity contribution in [2.45, 2.75) is 39.2 Å². The third-order valence-electron chi connectivity index (χ3n) is 4.42. The summed E-state index contributed by atoms with van der Waals surface area (Å²) in [5, 5.41) is 13.8. The van der Waals surface area contributed by atoms with E-state index in [2.05, 4.69) is 19.2 Å². The second kappa shape index (κ2) is 5.91. The first-order valence-corrected chi connectivity index (χ1v) is 7.92. The summed E-state index contributed by atoms with van der Waals surface area (Å²) in [6.07, 6.45) is 1.00. The molecule has 0 amide bonds. The molecule has 2 aromatic carbocycles. The average molecular weight is 297 g/mol. The molecule has 0 heterocycles. The monoisotopic (exact) mass is 297 g/mol. The molecular weight excluding hydrogens is 274 g/mol. The number of hydrogen-bond donors (Lipinski definition) is 2. The molecule has 2 atom stereocenters. The minimum atomic E-state index is 0.155. The Morgan fingerprint density at radius 1 is 1.14 bits per heavy atom. The maximum absolute atomic E-state index is 10.3. The minimum absolute atomic E-state index is 0.155. The minimum Gasteiger partial charge on any atom is -0.508 e. The van der Waals surface area contributed by atoms with E-state index in [-0.39, 0.29) is 6.04 Å². The molecule has 0 radical (unpaired) electrons. The van der Waals surface area contributed by atoms with Crippen LogP contribution in [0.4, 0.5) is 5.69 Å². The van der Waals surface area contributed by atoms with Gasteiger partial charge in [0.2, 0.25) is 0 Å². The Morgan fingerprint density at radius 2 is 1.86 bits per heavy atom. The van der Waals surface area contributed by atoms with Crippen molar-refractivity contribution in [1.82, 2.24) is 0 Å². The molecule has 2 aromatic rings. The van der Waals surface area contributed by atoms with Gasteiger partial charge >= 0.3 is 0 Å². The third kappa shape index (κ3) is 2.63. The highest BCUT2D eigenvalue weighted by atomic mass is 16.5. The number of rotatable bonds is 4.